The Bertz CT molecular complexity index is 735. The van der Waals surface area contributed by atoms with Crippen LogP contribution in [-0.4, -0.2) is 46.8 Å². The minimum absolute atomic E-state index is 0.0383. The van der Waals surface area contributed by atoms with E-state index in [4.69, 9.17) is 0 Å². The first-order valence-electron chi connectivity index (χ1n) is 10.5. The summed E-state index contributed by atoms with van der Waals surface area (Å²) in [5, 5.41) is 0. The van der Waals surface area contributed by atoms with Gasteiger partial charge in [-0.1, -0.05) is 12.1 Å². The predicted octanol–water partition coefficient (Wildman–Crippen LogP) is 3.32. The normalized spacial score (nSPS) is 34.8. The average molecular weight is 370 g/mol. The van der Waals surface area contributed by atoms with Gasteiger partial charge in [0.15, 0.2) is 0 Å². The number of carbonyl (C=O) groups is 2. The molecule has 0 aromatic heterocycles. The van der Waals surface area contributed by atoms with Crippen molar-refractivity contribution >= 4 is 11.8 Å². The summed E-state index contributed by atoms with van der Waals surface area (Å²) in [5.74, 6) is 0.581. The van der Waals surface area contributed by atoms with Crippen LogP contribution in [0.3, 0.4) is 0 Å². The Hall–Kier alpha value is -1.91. The third kappa shape index (κ3) is 2.95. The summed E-state index contributed by atoms with van der Waals surface area (Å²) in [6.45, 7) is 1.69. The van der Waals surface area contributed by atoms with Crippen LogP contribution in [0.5, 0.6) is 0 Å². The smallest absolute Gasteiger partial charge is 0.245 e. The van der Waals surface area contributed by atoms with Crippen molar-refractivity contribution in [2.45, 2.75) is 62.9 Å². The van der Waals surface area contributed by atoms with E-state index in [0.29, 0.717) is 5.92 Å². The van der Waals surface area contributed by atoms with Crippen LogP contribution in [-0.2, 0) is 9.59 Å². The minimum Gasteiger partial charge on any atom is -0.341 e. The molecule has 3 aliphatic heterocycles. The van der Waals surface area contributed by atoms with Gasteiger partial charge in [0.1, 0.15) is 11.9 Å². The molecule has 2 bridgehead atoms. The third-order valence-corrected chi connectivity index (χ3v) is 7.21. The zero-order valence-corrected chi connectivity index (χ0v) is 15.6. The molecule has 0 N–H and O–H groups in total. The van der Waals surface area contributed by atoms with E-state index in [-0.39, 0.29) is 41.6 Å². The summed E-state index contributed by atoms with van der Waals surface area (Å²) < 4.78 is 13.2. The molecule has 27 heavy (non-hydrogen) atoms. The first kappa shape index (κ1) is 17.2. The molecule has 3 saturated heterocycles. The Morgan fingerprint density at radius 1 is 0.926 bits per heavy atom. The molecule has 1 aromatic rings. The van der Waals surface area contributed by atoms with Gasteiger partial charge in [0.2, 0.25) is 11.8 Å². The molecule has 2 aliphatic carbocycles. The lowest BCUT2D eigenvalue weighted by Crippen LogP contribution is -2.63. The second kappa shape index (κ2) is 6.61. The molecule has 5 aliphatic rings. The molecule has 4 nitrogen and oxygen atoms in total. The highest BCUT2D eigenvalue weighted by molar-refractivity contribution is 5.91. The highest BCUT2D eigenvalue weighted by Crippen LogP contribution is 2.51. The second-order valence-electron chi connectivity index (χ2n) is 8.79. The summed E-state index contributed by atoms with van der Waals surface area (Å²) in [5.41, 5.74) is 1.04. The monoisotopic (exact) mass is 370 g/mol. The number of hydrogen-bond donors (Lipinski definition) is 0. The Kier molecular flexibility index (Phi) is 4.21. The molecular formula is C22H27FN2O2. The van der Waals surface area contributed by atoms with Crippen molar-refractivity contribution in [1.82, 2.24) is 9.80 Å². The molecule has 0 unspecified atom stereocenters. The largest absolute Gasteiger partial charge is 0.341 e. The van der Waals surface area contributed by atoms with Gasteiger partial charge < -0.3 is 9.80 Å². The topological polar surface area (TPSA) is 40.6 Å². The number of fused-ring (bicyclic) bond motifs is 3. The number of carbonyl (C=O) groups excluding carboxylic acids is 2. The quantitative estimate of drug-likeness (QED) is 0.819. The lowest BCUT2D eigenvalue weighted by atomic mass is 9.73. The van der Waals surface area contributed by atoms with E-state index in [1.54, 1.807) is 12.1 Å². The molecule has 3 atom stereocenters. The van der Waals surface area contributed by atoms with Crippen molar-refractivity contribution in [3.63, 3.8) is 0 Å². The van der Waals surface area contributed by atoms with Crippen LogP contribution in [0, 0.1) is 17.7 Å². The Morgan fingerprint density at radius 3 is 2.26 bits per heavy atom. The number of likely N-dealkylation sites (tertiary alicyclic amines) is 1. The summed E-state index contributed by atoms with van der Waals surface area (Å²) in [6, 6.07) is 6.52. The Labute approximate surface area is 159 Å². The molecule has 144 valence electrons. The fourth-order valence-electron chi connectivity index (χ4n) is 5.65. The molecule has 3 heterocycles. The lowest BCUT2D eigenvalue weighted by molar-refractivity contribution is -0.159. The van der Waals surface area contributed by atoms with Crippen molar-refractivity contribution in [3.05, 3.63) is 35.6 Å². The minimum atomic E-state index is -0.244. The van der Waals surface area contributed by atoms with E-state index in [2.05, 4.69) is 0 Å². The van der Waals surface area contributed by atoms with E-state index in [0.717, 1.165) is 63.6 Å². The van der Waals surface area contributed by atoms with E-state index in [9.17, 15) is 14.0 Å². The summed E-state index contributed by atoms with van der Waals surface area (Å²) >= 11 is 0. The van der Waals surface area contributed by atoms with Crippen LogP contribution in [0.2, 0.25) is 0 Å². The van der Waals surface area contributed by atoms with Gasteiger partial charge in [-0.25, -0.2) is 4.39 Å². The molecule has 2 amide bonds. The van der Waals surface area contributed by atoms with Crippen molar-refractivity contribution in [2.24, 2.45) is 11.8 Å². The van der Waals surface area contributed by atoms with Gasteiger partial charge in [-0.2, -0.15) is 0 Å². The molecule has 2 saturated carbocycles. The van der Waals surface area contributed by atoms with Gasteiger partial charge in [-0.15, -0.1) is 0 Å². The fraction of sp³-hybridized carbons (Fsp3) is 0.636. The third-order valence-electron chi connectivity index (χ3n) is 7.21. The van der Waals surface area contributed by atoms with Gasteiger partial charge in [-0.05, 0) is 74.5 Å². The number of benzene rings is 1. The number of nitrogens with zero attached hydrogens (tertiary/aromatic N) is 2. The maximum atomic E-state index is 13.4. The maximum absolute atomic E-state index is 13.4. The Morgan fingerprint density at radius 2 is 1.59 bits per heavy atom. The van der Waals surface area contributed by atoms with Gasteiger partial charge >= 0.3 is 0 Å². The van der Waals surface area contributed by atoms with Crippen LogP contribution in [0.4, 0.5) is 4.39 Å². The molecule has 6 rings (SSSR count). The first-order chi connectivity index (χ1) is 13.1. The number of piperidine rings is 2. The van der Waals surface area contributed by atoms with Gasteiger partial charge in [-0.3, -0.25) is 9.59 Å². The van der Waals surface area contributed by atoms with Crippen LogP contribution >= 0.6 is 0 Å². The van der Waals surface area contributed by atoms with Gasteiger partial charge in [0.25, 0.3) is 0 Å². The summed E-state index contributed by atoms with van der Waals surface area (Å²) in [7, 11) is 0. The van der Waals surface area contributed by atoms with E-state index < -0.39 is 0 Å². The summed E-state index contributed by atoms with van der Waals surface area (Å²) in [6.07, 6.45) is 7.20. The Balaban J connectivity index is 1.36. The average Bonchev–Trinajstić information content (AvgIpc) is 3.31. The highest BCUT2D eigenvalue weighted by atomic mass is 19.1. The zero-order valence-electron chi connectivity index (χ0n) is 15.6. The molecule has 0 spiro atoms. The molecule has 1 aromatic carbocycles. The van der Waals surface area contributed by atoms with Crippen molar-refractivity contribution in [1.29, 1.82) is 0 Å². The zero-order chi connectivity index (χ0) is 18.5. The molecule has 5 fully saturated rings. The number of halogens is 1. The first-order valence-corrected chi connectivity index (χ1v) is 10.5. The standard InChI is InChI=1S/C22H27FN2O2/c23-16-7-3-14(4-8-16)18-13-19(18)21(26)25-17-9-5-15(6-10-17)20(25)22(27)24-11-1-2-12-24/h3-4,7-8,15,17-20H,1-2,5-6,9-13H2/t15?,17?,18-,19+,20-/m0/s1. The molecule has 5 heteroatoms. The van der Waals surface area contributed by atoms with Crippen LogP contribution in [0.15, 0.2) is 24.3 Å². The van der Waals surface area contributed by atoms with Crippen molar-refractivity contribution < 1.29 is 14.0 Å². The number of rotatable bonds is 3. The molecule has 0 radical (unpaired) electrons. The predicted molar refractivity (Wildman–Crippen MR) is 99.4 cm³/mol. The summed E-state index contributed by atoms with van der Waals surface area (Å²) in [4.78, 5) is 30.6. The number of amides is 2. The highest BCUT2D eigenvalue weighted by Gasteiger charge is 2.54. The van der Waals surface area contributed by atoms with Crippen LogP contribution in [0.1, 0.15) is 56.4 Å². The van der Waals surface area contributed by atoms with E-state index >= 15 is 0 Å². The second-order valence-corrected chi connectivity index (χ2v) is 8.79. The van der Waals surface area contributed by atoms with E-state index in [1.807, 2.05) is 9.80 Å². The molecular weight excluding hydrogens is 343 g/mol. The fourth-order valence-corrected chi connectivity index (χ4v) is 5.65. The van der Waals surface area contributed by atoms with Crippen LogP contribution in [0.25, 0.3) is 0 Å². The number of hydrogen-bond acceptors (Lipinski definition) is 2. The van der Waals surface area contributed by atoms with Crippen molar-refractivity contribution in [3.8, 4) is 0 Å². The van der Waals surface area contributed by atoms with Gasteiger partial charge in [0.05, 0.1) is 0 Å². The maximum Gasteiger partial charge on any atom is 0.245 e. The lowest BCUT2D eigenvalue weighted by Gasteiger charge is -2.51. The SMILES string of the molecule is O=C([C@@H]1C2CCC(CC2)N1C(=O)[C@@H]1C[C@H]1c1ccc(F)cc1)N1CCCC1. The van der Waals surface area contributed by atoms with Crippen molar-refractivity contribution in [2.75, 3.05) is 13.1 Å². The van der Waals surface area contributed by atoms with Crippen LogP contribution < -0.4 is 0 Å². The van der Waals surface area contributed by atoms with E-state index in [1.165, 1.54) is 12.1 Å². The van der Waals surface area contributed by atoms with Gasteiger partial charge in [0, 0.05) is 25.0 Å².